The Morgan fingerprint density at radius 3 is 1.39 bits per heavy atom. The summed E-state index contributed by atoms with van der Waals surface area (Å²) < 4.78 is 0. The molecule has 0 radical (unpaired) electrons. The zero-order valence-electron chi connectivity index (χ0n) is 18.7. The Balaban J connectivity index is 1.32. The van der Waals surface area contributed by atoms with E-state index in [0.29, 0.717) is 10.0 Å². The number of benzene rings is 2. The van der Waals surface area contributed by atoms with E-state index in [0.717, 1.165) is 83.2 Å². The standard InChI is InChI=1S/C23H30Cl2N8/c24-20-5-9-22(10-6-20)26-28-32-15-3-1-13-30(18-32)17-31-14-2-4-16-33(19-31)29-27-23-11-7-21(25)8-12-23/h5-12H,1-4,13-19H2. The van der Waals surface area contributed by atoms with Crippen molar-refractivity contribution in [2.75, 3.05) is 46.2 Å². The average molecular weight is 489 g/mol. The van der Waals surface area contributed by atoms with Gasteiger partial charge in [-0.25, -0.2) is 0 Å². The normalized spacial score (nSPS) is 19.3. The van der Waals surface area contributed by atoms with Crippen molar-refractivity contribution in [3.05, 3.63) is 58.6 Å². The second-order valence-corrected chi connectivity index (χ2v) is 9.29. The Morgan fingerprint density at radius 1 is 0.576 bits per heavy atom. The van der Waals surface area contributed by atoms with E-state index in [-0.39, 0.29) is 0 Å². The molecule has 10 heteroatoms. The molecule has 2 aromatic carbocycles. The zero-order valence-corrected chi connectivity index (χ0v) is 20.2. The number of nitrogens with zero attached hydrogens (tertiary/aromatic N) is 8. The summed E-state index contributed by atoms with van der Waals surface area (Å²) in [5.41, 5.74) is 1.62. The fourth-order valence-corrected chi connectivity index (χ4v) is 4.16. The first-order valence-electron chi connectivity index (χ1n) is 11.4. The number of halogens is 2. The van der Waals surface area contributed by atoms with Gasteiger partial charge in [-0.15, -0.1) is 10.2 Å². The Hall–Kier alpha value is -2.26. The van der Waals surface area contributed by atoms with Crippen LogP contribution in [0.2, 0.25) is 10.0 Å². The van der Waals surface area contributed by atoms with E-state index < -0.39 is 0 Å². The lowest BCUT2D eigenvalue weighted by Crippen LogP contribution is -2.44. The van der Waals surface area contributed by atoms with Gasteiger partial charge in [0.05, 0.1) is 31.4 Å². The maximum atomic E-state index is 5.96. The highest BCUT2D eigenvalue weighted by Crippen LogP contribution is 2.19. The highest BCUT2D eigenvalue weighted by atomic mass is 35.5. The van der Waals surface area contributed by atoms with Gasteiger partial charge in [-0.2, -0.15) is 0 Å². The third-order valence-corrected chi connectivity index (χ3v) is 6.14. The average Bonchev–Trinajstić information content (AvgIpc) is 3.19. The van der Waals surface area contributed by atoms with Gasteiger partial charge < -0.3 is 0 Å². The van der Waals surface area contributed by atoms with Crippen LogP contribution < -0.4 is 0 Å². The van der Waals surface area contributed by atoms with Crippen LogP contribution in [0.4, 0.5) is 11.4 Å². The predicted molar refractivity (Wildman–Crippen MR) is 132 cm³/mol. The molecule has 8 nitrogen and oxygen atoms in total. The van der Waals surface area contributed by atoms with E-state index in [1.54, 1.807) is 0 Å². The second-order valence-electron chi connectivity index (χ2n) is 8.42. The molecule has 0 N–H and O–H groups in total. The Morgan fingerprint density at radius 2 is 0.970 bits per heavy atom. The van der Waals surface area contributed by atoms with Crippen molar-refractivity contribution < 1.29 is 0 Å². The molecule has 0 aliphatic carbocycles. The minimum Gasteiger partial charge on any atom is -0.272 e. The predicted octanol–water partition coefficient (Wildman–Crippen LogP) is 6.36. The summed E-state index contributed by atoms with van der Waals surface area (Å²) in [7, 11) is 0. The van der Waals surface area contributed by atoms with Gasteiger partial charge in [0.1, 0.15) is 0 Å². The lowest BCUT2D eigenvalue weighted by molar-refractivity contribution is 0.0535. The van der Waals surface area contributed by atoms with Crippen LogP contribution in [0.3, 0.4) is 0 Å². The van der Waals surface area contributed by atoms with Gasteiger partial charge in [0.15, 0.2) is 0 Å². The van der Waals surface area contributed by atoms with Crippen LogP contribution in [0.15, 0.2) is 69.2 Å². The smallest absolute Gasteiger partial charge is 0.0906 e. The van der Waals surface area contributed by atoms with Crippen molar-refractivity contribution in [2.45, 2.75) is 25.7 Å². The van der Waals surface area contributed by atoms with Gasteiger partial charge in [-0.1, -0.05) is 33.6 Å². The Kier molecular flexibility index (Phi) is 8.88. The molecular weight excluding hydrogens is 459 g/mol. The first-order chi connectivity index (χ1) is 16.1. The minimum absolute atomic E-state index is 0.703. The molecule has 0 bridgehead atoms. The van der Waals surface area contributed by atoms with Crippen LogP contribution in [-0.4, -0.2) is 66.0 Å². The molecule has 0 spiro atoms. The van der Waals surface area contributed by atoms with Crippen LogP contribution >= 0.6 is 23.2 Å². The molecular formula is C23H30Cl2N8. The maximum absolute atomic E-state index is 5.96. The van der Waals surface area contributed by atoms with Crippen molar-refractivity contribution in [3.63, 3.8) is 0 Å². The quantitative estimate of drug-likeness (QED) is 0.443. The first-order valence-corrected chi connectivity index (χ1v) is 12.2. The molecule has 2 aliphatic heterocycles. The third kappa shape index (κ3) is 7.92. The highest BCUT2D eigenvalue weighted by Gasteiger charge is 2.20. The highest BCUT2D eigenvalue weighted by molar-refractivity contribution is 6.30. The summed E-state index contributed by atoms with van der Waals surface area (Å²) >= 11 is 11.9. The molecule has 4 rings (SSSR count). The topological polar surface area (TPSA) is 62.4 Å². The molecule has 2 aromatic rings. The fourth-order valence-electron chi connectivity index (χ4n) is 3.91. The van der Waals surface area contributed by atoms with Gasteiger partial charge in [-0.05, 0) is 74.2 Å². The van der Waals surface area contributed by atoms with Crippen molar-refractivity contribution in [2.24, 2.45) is 20.7 Å². The first kappa shape index (κ1) is 23.9. The van der Waals surface area contributed by atoms with Crippen molar-refractivity contribution in [3.8, 4) is 0 Å². The molecule has 176 valence electrons. The van der Waals surface area contributed by atoms with E-state index in [1.807, 2.05) is 48.5 Å². The van der Waals surface area contributed by atoms with Crippen LogP contribution in [0.25, 0.3) is 0 Å². The van der Waals surface area contributed by atoms with Crippen molar-refractivity contribution in [1.29, 1.82) is 0 Å². The Bertz CT molecular complexity index is 844. The van der Waals surface area contributed by atoms with Crippen molar-refractivity contribution in [1.82, 2.24) is 19.8 Å². The van der Waals surface area contributed by atoms with Crippen LogP contribution in [0.1, 0.15) is 25.7 Å². The van der Waals surface area contributed by atoms with Gasteiger partial charge >= 0.3 is 0 Å². The molecule has 0 saturated carbocycles. The number of hydrogen-bond acceptors (Lipinski definition) is 6. The van der Waals surface area contributed by atoms with Gasteiger partial charge in [0.25, 0.3) is 0 Å². The molecule has 2 fully saturated rings. The lowest BCUT2D eigenvalue weighted by Gasteiger charge is -2.31. The molecule has 0 aromatic heterocycles. The monoisotopic (exact) mass is 488 g/mol. The second kappa shape index (κ2) is 12.3. The molecule has 2 aliphatic rings. The Labute approximate surface area is 205 Å². The summed E-state index contributed by atoms with van der Waals surface area (Å²) in [6.07, 6.45) is 4.52. The number of rotatable bonds is 6. The van der Waals surface area contributed by atoms with E-state index in [9.17, 15) is 0 Å². The van der Waals surface area contributed by atoms with Gasteiger partial charge in [-0.3, -0.25) is 19.8 Å². The minimum atomic E-state index is 0.703. The molecule has 0 amide bonds. The summed E-state index contributed by atoms with van der Waals surface area (Å²) in [5, 5.41) is 23.3. The molecule has 2 heterocycles. The SMILES string of the molecule is Clc1ccc(N=NN2CCCCN(CN3CCCCN(N=Nc4ccc(Cl)cc4)C3)C2)cc1. The molecule has 0 unspecified atom stereocenters. The van der Waals surface area contributed by atoms with Gasteiger partial charge in [0.2, 0.25) is 0 Å². The number of hydrogen-bond donors (Lipinski definition) is 0. The van der Waals surface area contributed by atoms with E-state index in [4.69, 9.17) is 23.2 Å². The summed E-state index contributed by atoms with van der Waals surface area (Å²) in [5.74, 6) is 0. The largest absolute Gasteiger partial charge is 0.272 e. The van der Waals surface area contributed by atoms with Crippen molar-refractivity contribution >= 4 is 34.6 Å². The molecule has 0 atom stereocenters. The third-order valence-electron chi connectivity index (χ3n) is 5.63. The van der Waals surface area contributed by atoms with Crippen LogP contribution in [0, 0.1) is 0 Å². The summed E-state index contributed by atoms with van der Waals surface area (Å²) in [4.78, 5) is 4.88. The van der Waals surface area contributed by atoms with Gasteiger partial charge in [0, 0.05) is 36.2 Å². The zero-order chi connectivity index (χ0) is 22.9. The van der Waals surface area contributed by atoms with Crippen LogP contribution in [0.5, 0.6) is 0 Å². The maximum Gasteiger partial charge on any atom is 0.0906 e. The fraction of sp³-hybridized carbons (Fsp3) is 0.478. The van der Waals surface area contributed by atoms with E-state index in [2.05, 4.69) is 40.5 Å². The lowest BCUT2D eigenvalue weighted by atomic mass is 10.3. The molecule has 2 saturated heterocycles. The summed E-state index contributed by atoms with van der Waals surface area (Å²) in [6.45, 7) is 6.33. The molecule has 33 heavy (non-hydrogen) atoms. The van der Waals surface area contributed by atoms with Crippen LogP contribution in [-0.2, 0) is 0 Å². The van der Waals surface area contributed by atoms with E-state index >= 15 is 0 Å². The van der Waals surface area contributed by atoms with E-state index in [1.165, 1.54) is 0 Å². The summed E-state index contributed by atoms with van der Waals surface area (Å²) in [6, 6.07) is 14.9.